The highest BCUT2D eigenvalue weighted by molar-refractivity contribution is 6.43. The zero-order valence-electron chi connectivity index (χ0n) is 7.28. The van der Waals surface area contributed by atoms with Crippen LogP contribution in [0.5, 0.6) is 0 Å². The van der Waals surface area contributed by atoms with E-state index in [1.165, 1.54) is 17.1 Å². The molecule has 1 heterocycles. The summed E-state index contributed by atoms with van der Waals surface area (Å²) in [5.41, 5.74) is 5.97. The lowest BCUT2D eigenvalue weighted by Crippen LogP contribution is -2.00. The van der Waals surface area contributed by atoms with Crippen LogP contribution in [0.1, 0.15) is 0 Å². The number of nitrogens with two attached hydrogens (primary N) is 1. The van der Waals surface area contributed by atoms with E-state index in [0.29, 0.717) is 26.6 Å². The Morgan fingerprint density at radius 2 is 1.73 bits per heavy atom. The van der Waals surface area contributed by atoms with Gasteiger partial charge in [0.1, 0.15) is 5.69 Å². The van der Waals surface area contributed by atoms with Crippen LogP contribution in [0.2, 0.25) is 15.1 Å². The van der Waals surface area contributed by atoms with Crippen LogP contribution in [0.25, 0.3) is 5.69 Å². The third-order valence-electron chi connectivity index (χ3n) is 1.71. The highest BCUT2D eigenvalue weighted by atomic mass is 35.5. The van der Waals surface area contributed by atoms with Crippen molar-refractivity contribution < 1.29 is 0 Å². The Morgan fingerprint density at radius 1 is 1.07 bits per heavy atom. The van der Waals surface area contributed by atoms with Gasteiger partial charge in [0.25, 0.3) is 0 Å². The number of nitrogens with zero attached hydrogens (tertiary/aromatic N) is 3. The van der Waals surface area contributed by atoms with Gasteiger partial charge in [0, 0.05) is 0 Å². The fraction of sp³-hybridized carbons (Fsp3) is 0. The number of hydrogen-bond acceptors (Lipinski definition) is 3. The molecule has 0 aliphatic heterocycles. The summed E-state index contributed by atoms with van der Waals surface area (Å²) in [5, 5.41) is 8.99. The molecule has 1 aromatic heterocycles. The molecule has 0 radical (unpaired) electrons. The summed E-state index contributed by atoms with van der Waals surface area (Å²) < 4.78 is 0. The molecule has 0 unspecified atom stereocenters. The smallest absolute Gasteiger partial charge is 0.166 e. The molecule has 0 amide bonds. The van der Waals surface area contributed by atoms with Crippen LogP contribution in [0.4, 0.5) is 5.82 Å². The summed E-state index contributed by atoms with van der Waals surface area (Å²) in [5.74, 6) is 0.303. The van der Waals surface area contributed by atoms with Crippen molar-refractivity contribution in [2.75, 3.05) is 5.73 Å². The highest BCUT2D eigenvalue weighted by Crippen LogP contribution is 2.30. The molecule has 0 aliphatic rings. The van der Waals surface area contributed by atoms with Crippen molar-refractivity contribution in [3.05, 3.63) is 33.4 Å². The number of benzene rings is 1. The van der Waals surface area contributed by atoms with Gasteiger partial charge >= 0.3 is 0 Å². The van der Waals surface area contributed by atoms with Gasteiger partial charge in [-0.2, -0.15) is 5.10 Å². The molecule has 1 aromatic carbocycles. The number of anilines is 1. The number of aromatic nitrogens is 3. The largest absolute Gasteiger partial charge is 0.381 e. The van der Waals surface area contributed by atoms with Gasteiger partial charge in [-0.05, 0) is 12.1 Å². The topological polar surface area (TPSA) is 56.7 Å². The van der Waals surface area contributed by atoms with Gasteiger partial charge in [0.2, 0.25) is 0 Å². The monoisotopic (exact) mass is 262 g/mol. The summed E-state index contributed by atoms with van der Waals surface area (Å²) >= 11 is 17.6. The third-order valence-corrected chi connectivity index (χ3v) is 2.74. The zero-order chi connectivity index (χ0) is 11.0. The normalized spacial score (nSPS) is 10.6. The Bertz CT molecular complexity index is 509. The molecule has 0 spiro atoms. The van der Waals surface area contributed by atoms with Crippen LogP contribution in [-0.2, 0) is 0 Å². The van der Waals surface area contributed by atoms with E-state index < -0.39 is 0 Å². The number of rotatable bonds is 1. The molecule has 78 valence electrons. The van der Waals surface area contributed by atoms with E-state index in [2.05, 4.69) is 10.2 Å². The fourth-order valence-electron chi connectivity index (χ4n) is 1.06. The number of hydrogen-bond donors (Lipinski definition) is 1. The van der Waals surface area contributed by atoms with Gasteiger partial charge in [-0.15, -0.1) is 9.90 Å². The van der Waals surface area contributed by atoms with Crippen molar-refractivity contribution >= 4 is 40.6 Å². The minimum Gasteiger partial charge on any atom is -0.381 e. The molecule has 0 fully saturated rings. The second-order valence-electron chi connectivity index (χ2n) is 2.78. The van der Waals surface area contributed by atoms with Crippen LogP contribution < -0.4 is 5.73 Å². The first-order valence-corrected chi connectivity index (χ1v) is 5.04. The Labute approximate surface area is 101 Å². The van der Waals surface area contributed by atoms with Crippen molar-refractivity contribution in [1.29, 1.82) is 0 Å². The van der Waals surface area contributed by atoms with Crippen LogP contribution in [0.3, 0.4) is 0 Å². The molecule has 0 atom stereocenters. The molecular formula is C8H5Cl3N4. The lowest BCUT2D eigenvalue weighted by atomic mass is 10.3. The van der Waals surface area contributed by atoms with Gasteiger partial charge in [0.15, 0.2) is 5.82 Å². The molecule has 0 aliphatic carbocycles. The van der Waals surface area contributed by atoms with E-state index in [4.69, 9.17) is 40.5 Å². The molecule has 0 bridgehead atoms. The predicted molar refractivity (Wildman–Crippen MR) is 60.8 cm³/mol. The maximum atomic E-state index is 5.96. The second-order valence-corrected chi connectivity index (χ2v) is 4.00. The minimum atomic E-state index is 0.303. The van der Waals surface area contributed by atoms with Gasteiger partial charge in [0.05, 0.1) is 21.3 Å². The summed E-state index contributed by atoms with van der Waals surface area (Å²) in [7, 11) is 0. The zero-order valence-corrected chi connectivity index (χ0v) is 9.55. The minimum absolute atomic E-state index is 0.303. The highest BCUT2D eigenvalue weighted by Gasteiger charge is 2.09. The lowest BCUT2D eigenvalue weighted by Gasteiger charge is -2.04. The average molecular weight is 264 g/mol. The molecule has 2 aromatic rings. The SMILES string of the molecule is Nc1cnn(-c2cc(Cl)c(Cl)cc2Cl)n1. The Balaban J connectivity index is 2.58. The average Bonchev–Trinajstić information content (AvgIpc) is 2.58. The van der Waals surface area contributed by atoms with Crippen molar-refractivity contribution in [3.8, 4) is 5.69 Å². The van der Waals surface area contributed by atoms with E-state index in [1.54, 1.807) is 6.07 Å². The quantitative estimate of drug-likeness (QED) is 0.805. The lowest BCUT2D eigenvalue weighted by molar-refractivity contribution is 0.755. The van der Waals surface area contributed by atoms with E-state index in [9.17, 15) is 0 Å². The maximum Gasteiger partial charge on any atom is 0.166 e. The number of halogens is 3. The van der Waals surface area contributed by atoms with Crippen LogP contribution >= 0.6 is 34.8 Å². The van der Waals surface area contributed by atoms with Gasteiger partial charge in [-0.1, -0.05) is 34.8 Å². The van der Waals surface area contributed by atoms with Gasteiger partial charge in [-0.25, -0.2) is 0 Å². The second kappa shape index (κ2) is 3.89. The summed E-state index contributed by atoms with van der Waals surface area (Å²) in [4.78, 5) is 1.29. The molecular weight excluding hydrogens is 258 g/mol. The maximum absolute atomic E-state index is 5.96. The Hall–Kier alpha value is -0.970. The summed E-state index contributed by atoms with van der Waals surface area (Å²) in [6.07, 6.45) is 1.42. The first kappa shape index (κ1) is 10.5. The molecule has 2 rings (SSSR count). The fourth-order valence-corrected chi connectivity index (χ4v) is 1.67. The third kappa shape index (κ3) is 2.02. The molecule has 7 heteroatoms. The van der Waals surface area contributed by atoms with Gasteiger partial charge < -0.3 is 5.73 Å². The molecule has 15 heavy (non-hydrogen) atoms. The summed E-state index contributed by atoms with van der Waals surface area (Å²) in [6, 6.07) is 3.10. The van der Waals surface area contributed by atoms with E-state index in [0.717, 1.165) is 0 Å². The van der Waals surface area contributed by atoms with Crippen LogP contribution in [-0.4, -0.2) is 15.0 Å². The van der Waals surface area contributed by atoms with E-state index in [1.807, 2.05) is 0 Å². The van der Waals surface area contributed by atoms with Crippen molar-refractivity contribution in [1.82, 2.24) is 15.0 Å². The molecule has 0 saturated heterocycles. The van der Waals surface area contributed by atoms with Crippen LogP contribution in [0, 0.1) is 0 Å². The molecule has 2 N–H and O–H groups in total. The molecule has 4 nitrogen and oxygen atoms in total. The van der Waals surface area contributed by atoms with Crippen molar-refractivity contribution in [2.45, 2.75) is 0 Å². The van der Waals surface area contributed by atoms with E-state index in [-0.39, 0.29) is 0 Å². The first-order chi connectivity index (χ1) is 7.08. The summed E-state index contributed by atoms with van der Waals surface area (Å²) in [6.45, 7) is 0. The van der Waals surface area contributed by atoms with Gasteiger partial charge in [-0.3, -0.25) is 0 Å². The van der Waals surface area contributed by atoms with Crippen molar-refractivity contribution in [2.24, 2.45) is 0 Å². The Kier molecular flexibility index (Phi) is 2.73. The standard InChI is InChI=1S/C8H5Cl3N4/c9-4-1-6(11)7(2-5(4)10)15-13-3-8(12)14-15/h1-3H,(H2,12,14). The number of nitrogen functional groups attached to an aromatic ring is 1. The van der Waals surface area contributed by atoms with E-state index >= 15 is 0 Å². The van der Waals surface area contributed by atoms with Crippen molar-refractivity contribution in [3.63, 3.8) is 0 Å². The first-order valence-electron chi connectivity index (χ1n) is 3.90. The molecule has 0 saturated carbocycles. The van der Waals surface area contributed by atoms with Crippen LogP contribution in [0.15, 0.2) is 18.3 Å². The predicted octanol–water partition coefficient (Wildman–Crippen LogP) is 2.81. The Morgan fingerprint density at radius 3 is 2.33 bits per heavy atom.